The molecule has 3 aromatic rings. The number of halogens is 4. The van der Waals surface area contributed by atoms with Gasteiger partial charge in [0, 0.05) is 15.6 Å². The summed E-state index contributed by atoms with van der Waals surface area (Å²) >= 11 is 18.8. The minimum atomic E-state index is -0.265. The molecule has 0 saturated carbocycles. The summed E-state index contributed by atoms with van der Waals surface area (Å²) < 4.78 is 13.2. The molecule has 0 nitrogen and oxygen atoms in total. The molecule has 3 aromatic carbocycles. The maximum absolute atomic E-state index is 13.2. The van der Waals surface area contributed by atoms with Crippen molar-refractivity contribution in [2.45, 2.75) is 0 Å². The Kier molecular flexibility index (Phi) is 3.88. The van der Waals surface area contributed by atoms with Crippen LogP contribution < -0.4 is 0 Å². The van der Waals surface area contributed by atoms with Gasteiger partial charge in [-0.15, -0.1) is 0 Å². The van der Waals surface area contributed by atoms with E-state index in [0.717, 1.165) is 33.4 Å². The molecule has 1 aliphatic rings. The van der Waals surface area contributed by atoms with Crippen LogP contribution in [0.5, 0.6) is 0 Å². The van der Waals surface area contributed by atoms with E-state index >= 15 is 0 Å². The van der Waals surface area contributed by atoms with Crippen LogP contribution in [0.4, 0.5) is 4.39 Å². The molecule has 0 spiro atoms. The minimum absolute atomic E-state index is 0.265. The van der Waals surface area contributed by atoms with Crippen LogP contribution in [0.1, 0.15) is 16.7 Å². The number of hydrogen-bond donors (Lipinski definition) is 0. The van der Waals surface area contributed by atoms with Crippen molar-refractivity contribution >= 4 is 46.5 Å². The fourth-order valence-corrected chi connectivity index (χ4v) is 3.81. The Balaban J connectivity index is 2.01. The molecule has 0 atom stereocenters. The minimum Gasteiger partial charge on any atom is -0.207 e. The van der Waals surface area contributed by atoms with Crippen LogP contribution in [0.25, 0.3) is 22.8 Å². The zero-order chi connectivity index (χ0) is 16.8. The standard InChI is InChI=1S/C20H10Cl3F/c21-12-3-6-15-17(8-12)16(7-11-1-4-14(24)5-2-11)18-9-13(22)10-19(23)20(15)18/h1-10H/b16-7+. The Morgan fingerprint density at radius 2 is 1.42 bits per heavy atom. The molecule has 0 bridgehead atoms. The molecule has 0 fully saturated rings. The Morgan fingerprint density at radius 3 is 2.17 bits per heavy atom. The third kappa shape index (κ3) is 2.63. The van der Waals surface area contributed by atoms with Crippen molar-refractivity contribution < 1.29 is 4.39 Å². The molecule has 0 N–H and O–H groups in total. The summed E-state index contributed by atoms with van der Waals surface area (Å²) in [6.07, 6.45) is 1.99. The van der Waals surface area contributed by atoms with E-state index in [4.69, 9.17) is 34.8 Å². The Hall–Kier alpha value is -1.80. The average molecular weight is 376 g/mol. The highest BCUT2D eigenvalue weighted by Crippen LogP contribution is 2.49. The SMILES string of the molecule is Fc1ccc(/C=C2\c3cc(Cl)ccc3-c3c(Cl)cc(Cl)cc32)cc1. The van der Waals surface area contributed by atoms with Crippen molar-refractivity contribution in [3.05, 3.63) is 92.2 Å². The highest BCUT2D eigenvalue weighted by molar-refractivity contribution is 6.38. The molecule has 0 unspecified atom stereocenters. The molecule has 0 saturated heterocycles. The van der Waals surface area contributed by atoms with E-state index in [-0.39, 0.29) is 5.82 Å². The smallest absolute Gasteiger partial charge is 0.123 e. The molecule has 4 rings (SSSR count). The summed E-state index contributed by atoms with van der Waals surface area (Å²) in [6.45, 7) is 0. The lowest BCUT2D eigenvalue weighted by molar-refractivity contribution is 0.628. The lowest BCUT2D eigenvalue weighted by Gasteiger charge is -2.05. The molecule has 0 aliphatic heterocycles. The predicted octanol–water partition coefficient (Wildman–Crippen LogP) is 7.36. The van der Waals surface area contributed by atoms with Gasteiger partial charge in [-0.3, -0.25) is 0 Å². The van der Waals surface area contributed by atoms with E-state index < -0.39 is 0 Å². The van der Waals surface area contributed by atoms with Gasteiger partial charge in [-0.05, 0) is 70.3 Å². The maximum Gasteiger partial charge on any atom is 0.123 e. The number of benzene rings is 3. The second kappa shape index (κ2) is 5.93. The number of rotatable bonds is 1. The van der Waals surface area contributed by atoms with Crippen molar-refractivity contribution in [3.63, 3.8) is 0 Å². The largest absolute Gasteiger partial charge is 0.207 e. The molecule has 118 valence electrons. The molecule has 0 heterocycles. The Morgan fingerprint density at radius 1 is 0.708 bits per heavy atom. The predicted molar refractivity (Wildman–Crippen MR) is 100 cm³/mol. The highest BCUT2D eigenvalue weighted by atomic mass is 35.5. The fourth-order valence-electron chi connectivity index (χ4n) is 3.04. The van der Waals surface area contributed by atoms with Crippen LogP contribution in [0.3, 0.4) is 0 Å². The lowest BCUT2D eigenvalue weighted by atomic mass is 10.0. The van der Waals surface area contributed by atoms with Crippen LogP contribution in [0, 0.1) is 5.82 Å². The van der Waals surface area contributed by atoms with E-state index in [2.05, 4.69) is 0 Å². The topological polar surface area (TPSA) is 0 Å². The molecular weight excluding hydrogens is 366 g/mol. The molecule has 0 amide bonds. The maximum atomic E-state index is 13.2. The van der Waals surface area contributed by atoms with E-state index in [1.165, 1.54) is 12.1 Å². The Bertz CT molecular complexity index is 989. The summed E-state index contributed by atoms with van der Waals surface area (Å²) in [5.74, 6) is -0.265. The van der Waals surface area contributed by atoms with Crippen molar-refractivity contribution in [3.8, 4) is 11.1 Å². The normalized spacial score (nSPS) is 13.9. The van der Waals surface area contributed by atoms with E-state index in [0.29, 0.717) is 15.1 Å². The average Bonchev–Trinajstić information content (AvgIpc) is 2.83. The third-order valence-corrected chi connectivity index (χ3v) is 4.82. The van der Waals surface area contributed by atoms with E-state index in [9.17, 15) is 4.39 Å². The third-order valence-electron chi connectivity index (χ3n) is 4.07. The molecule has 0 radical (unpaired) electrons. The summed E-state index contributed by atoms with van der Waals surface area (Å²) in [4.78, 5) is 0. The van der Waals surface area contributed by atoms with Gasteiger partial charge in [0.1, 0.15) is 5.82 Å². The zero-order valence-electron chi connectivity index (χ0n) is 12.3. The quantitative estimate of drug-likeness (QED) is 0.326. The molecule has 1 aliphatic carbocycles. The fraction of sp³-hybridized carbons (Fsp3) is 0. The van der Waals surface area contributed by atoms with Gasteiger partial charge in [0.05, 0.1) is 5.02 Å². The molecule has 24 heavy (non-hydrogen) atoms. The van der Waals surface area contributed by atoms with Crippen molar-refractivity contribution in [1.82, 2.24) is 0 Å². The summed E-state index contributed by atoms with van der Waals surface area (Å²) in [5.41, 5.74) is 5.77. The van der Waals surface area contributed by atoms with Gasteiger partial charge in [0.2, 0.25) is 0 Å². The van der Waals surface area contributed by atoms with Gasteiger partial charge in [0.25, 0.3) is 0 Å². The van der Waals surface area contributed by atoms with Gasteiger partial charge >= 0.3 is 0 Å². The molecule has 0 aromatic heterocycles. The Labute approximate surface area is 154 Å². The first kappa shape index (κ1) is 15.7. The van der Waals surface area contributed by atoms with Gasteiger partial charge < -0.3 is 0 Å². The summed E-state index contributed by atoms with van der Waals surface area (Å²) in [6, 6.07) is 15.7. The van der Waals surface area contributed by atoms with Crippen LogP contribution in [0.2, 0.25) is 15.1 Å². The first-order chi connectivity index (χ1) is 11.5. The molecular formula is C20H10Cl3F. The van der Waals surface area contributed by atoms with Crippen molar-refractivity contribution in [1.29, 1.82) is 0 Å². The van der Waals surface area contributed by atoms with Gasteiger partial charge in [-0.25, -0.2) is 4.39 Å². The van der Waals surface area contributed by atoms with Crippen LogP contribution in [-0.4, -0.2) is 0 Å². The van der Waals surface area contributed by atoms with Gasteiger partial charge in [0.15, 0.2) is 0 Å². The summed E-state index contributed by atoms with van der Waals surface area (Å²) in [7, 11) is 0. The van der Waals surface area contributed by atoms with Gasteiger partial charge in [-0.1, -0.05) is 53.0 Å². The van der Waals surface area contributed by atoms with E-state index in [1.807, 2.05) is 30.3 Å². The van der Waals surface area contributed by atoms with Crippen LogP contribution >= 0.6 is 34.8 Å². The van der Waals surface area contributed by atoms with E-state index in [1.54, 1.807) is 18.2 Å². The van der Waals surface area contributed by atoms with Crippen LogP contribution in [-0.2, 0) is 0 Å². The van der Waals surface area contributed by atoms with Crippen LogP contribution in [0.15, 0.2) is 54.6 Å². The lowest BCUT2D eigenvalue weighted by Crippen LogP contribution is -1.84. The van der Waals surface area contributed by atoms with Crippen molar-refractivity contribution in [2.24, 2.45) is 0 Å². The monoisotopic (exact) mass is 374 g/mol. The van der Waals surface area contributed by atoms with Gasteiger partial charge in [-0.2, -0.15) is 0 Å². The zero-order valence-corrected chi connectivity index (χ0v) is 14.6. The number of fused-ring (bicyclic) bond motifs is 3. The molecule has 4 heteroatoms. The number of hydrogen-bond acceptors (Lipinski definition) is 0. The highest BCUT2D eigenvalue weighted by Gasteiger charge is 2.26. The first-order valence-corrected chi connectivity index (χ1v) is 8.43. The van der Waals surface area contributed by atoms with Crippen molar-refractivity contribution in [2.75, 3.05) is 0 Å². The second-order valence-corrected chi connectivity index (χ2v) is 6.89. The summed E-state index contributed by atoms with van der Waals surface area (Å²) in [5, 5.41) is 1.82. The first-order valence-electron chi connectivity index (χ1n) is 7.30. The second-order valence-electron chi connectivity index (χ2n) is 5.61.